The van der Waals surface area contributed by atoms with E-state index in [2.05, 4.69) is 26.6 Å². The Kier molecular flexibility index (Phi) is 5.05. The Hall–Kier alpha value is -0.740. The molecular weight excluding hydrogens is 316 g/mol. The second kappa shape index (κ2) is 5.93. The van der Waals surface area contributed by atoms with Crippen LogP contribution < -0.4 is 10.6 Å². The van der Waals surface area contributed by atoms with E-state index >= 15 is 0 Å². The van der Waals surface area contributed by atoms with E-state index in [-0.39, 0.29) is 17.5 Å². The van der Waals surface area contributed by atoms with E-state index in [0.717, 1.165) is 10.2 Å². The predicted molar refractivity (Wildman–Crippen MR) is 80.1 cm³/mol. The molecule has 0 saturated carbocycles. The molecule has 1 amide bonds. The van der Waals surface area contributed by atoms with Gasteiger partial charge in [0.05, 0.1) is 0 Å². The van der Waals surface area contributed by atoms with Crippen molar-refractivity contribution in [3.8, 4) is 0 Å². The van der Waals surface area contributed by atoms with Crippen LogP contribution in [0, 0.1) is 0 Å². The second-order valence-corrected chi connectivity index (χ2v) is 6.52. The zero-order valence-electron chi connectivity index (χ0n) is 11.0. The minimum absolute atomic E-state index is 0.0376. The molecule has 0 heterocycles. The highest BCUT2D eigenvalue weighted by atomic mass is 79.9. The molecule has 1 unspecified atom stereocenters. The van der Waals surface area contributed by atoms with E-state index in [0.29, 0.717) is 5.02 Å². The summed E-state index contributed by atoms with van der Waals surface area (Å²) in [5.41, 5.74) is 0.612. The summed E-state index contributed by atoms with van der Waals surface area (Å²) in [7, 11) is 0. The average Bonchev–Trinajstić information content (AvgIpc) is 2.19. The molecule has 5 heteroatoms. The normalized spacial score (nSPS) is 13.0. The zero-order chi connectivity index (χ0) is 13.9. The number of halogens is 2. The molecule has 0 aromatic heterocycles. The summed E-state index contributed by atoms with van der Waals surface area (Å²) in [5, 5.41) is 6.72. The van der Waals surface area contributed by atoms with Crippen LogP contribution in [0.25, 0.3) is 0 Å². The Balaban J connectivity index is 2.69. The van der Waals surface area contributed by atoms with Crippen molar-refractivity contribution in [1.29, 1.82) is 0 Å². The molecular formula is C13H18BrClN2O. The maximum absolute atomic E-state index is 11.9. The largest absolute Gasteiger partial charge is 0.373 e. The van der Waals surface area contributed by atoms with Gasteiger partial charge >= 0.3 is 0 Å². The maximum Gasteiger partial charge on any atom is 0.242 e. The molecule has 0 spiro atoms. The SMILES string of the molecule is CC(Nc1ccc(Cl)cc1Br)C(=O)NC(C)(C)C. The van der Waals surface area contributed by atoms with Crippen molar-refractivity contribution in [2.45, 2.75) is 39.3 Å². The molecule has 1 rings (SSSR count). The van der Waals surface area contributed by atoms with E-state index < -0.39 is 0 Å². The summed E-state index contributed by atoms with van der Waals surface area (Å²) < 4.78 is 0.838. The molecule has 1 aromatic rings. The third-order valence-electron chi connectivity index (χ3n) is 2.19. The monoisotopic (exact) mass is 332 g/mol. The molecule has 1 aromatic carbocycles. The summed E-state index contributed by atoms with van der Waals surface area (Å²) in [6, 6.07) is 5.09. The van der Waals surface area contributed by atoms with E-state index in [9.17, 15) is 4.79 Å². The van der Waals surface area contributed by atoms with Crippen molar-refractivity contribution in [2.75, 3.05) is 5.32 Å². The Morgan fingerprint density at radius 2 is 2.00 bits per heavy atom. The molecule has 18 heavy (non-hydrogen) atoms. The van der Waals surface area contributed by atoms with Gasteiger partial charge in [-0.15, -0.1) is 0 Å². The number of carbonyl (C=O) groups is 1. The number of nitrogens with one attached hydrogen (secondary N) is 2. The first-order valence-corrected chi connectivity index (χ1v) is 6.90. The number of benzene rings is 1. The third-order valence-corrected chi connectivity index (χ3v) is 3.09. The Bertz CT molecular complexity index is 443. The first-order chi connectivity index (χ1) is 8.19. The number of amides is 1. The van der Waals surface area contributed by atoms with E-state index in [1.54, 1.807) is 12.1 Å². The summed E-state index contributed by atoms with van der Waals surface area (Å²) >= 11 is 9.27. The van der Waals surface area contributed by atoms with Crippen molar-refractivity contribution < 1.29 is 4.79 Å². The molecule has 0 aliphatic heterocycles. The summed E-state index contributed by atoms with van der Waals surface area (Å²) in [5.74, 6) is -0.0376. The number of carbonyl (C=O) groups excluding carboxylic acids is 1. The first kappa shape index (κ1) is 15.3. The van der Waals surface area contributed by atoms with Gasteiger partial charge in [0.2, 0.25) is 5.91 Å². The second-order valence-electron chi connectivity index (χ2n) is 5.23. The van der Waals surface area contributed by atoms with Crippen molar-refractivity contribution in [2.24, 2.45) is 0 Å². The number of hydrogen-bond donors (Lipinski definition) is 2. The van der Waals surface area contributed by atoms with Gasteiger partial charge in [-0.25, -0.2) is 0 Å². The fourth-order valence-electron chi connectivity index (χ4n) is 1.38. The van der Waals surface area contributed by atoms with Gasteiger partial charge in [0.25, 0.3) is 0 Å². The summed E-state index contributed by atoms with van der Waals surface area (Å²) in [6.45, 7) is 7.68. The van der Waals surface area contributed by atoms with Crippen LogP contribution in [0.5, 0.6) is 0 Å². The summed E-state index contributed by atoms with van der Waals surface area (Å²) in [6.07, 6.45) is 0. The third kappa shape index (κ3) is 4.86. The van der Waals surface area contributed by atoms with Crippen LogP contribution in [0.4, 0.5) is 5.69 Å². The Labute approximate surface area is 121 Å². The van der Waals surface area contributed by atoms with Crippen molar-refractivity contribution >= 4 is 39.1 Å². The van der Waals surface area contributed by atoms with Crippen LogP contribution >= 0.6 is 27.5 Å². The molecule has 2 N–H and O–H groups in total. The standard InChI is InChI=1S/C13H18BrClN2O/c1-8(12(18)17-13(2,3)4)16-11-6-5-9(15)7-10(11)14/h5-8,16H,1-4H3,(H,17,18). The Morgan fingerprint density at radius 1 is 1.39 bits per heavy atom. The van der Waals surface area contributed by atoms with Gasteiger partial charge in [-0.1, -0.05) is 11.6 Å². The highest BCUT2D eigenvalue weighted by Gasteiger charge is 2.19. The van der Waals surface area contributed by atoms with Crippen LogP contribution in [0.3, 0.4) is 0 Å². The highest BCUT2D eigenvalue weighted by Crippen LogP contribution is 2.26. The van der Waals surface area contributed by atoms with Gasteiger partial charge in [-0.2, -0.15) is 0 Å². The predicted octanol–water partition coefficient (Wildman–Crippen LogP) is 3.82. The van der Waals surface area contributed by atoms with Gasteiger partial charge in [-0.05, 0) is 61.8 Å². The van der Waals surface area contributed by atoms with Crippen molar-refractivity contribution in [3.63, 3.8) is 0 Å². The van der Waals surface area contributed by atoms with E-state index in [1.807, 2.05) is 33.8 Å². The Morgan fingerprint density at radius 3 is 2.50 bits per heavy atom. The lowest BCUT2D eigenvalue weighted by Gasteiger charge is -2.24. The average molecular weight is 334 g/mol. The minimum Gasteiger partial charge on any atom is -0.373 e. The molecule has 0 aliphatic rings. The molecule has 100 valence electrons. The van der Waals surface area contributed by atoms with Gasteiger partial charge in [0, 0.05) is 20.7 Å². The van der Waals surface area contributed by atoms with Crippen LogP contribution in [-0.2, 0) is 4.79 Å². The first-order valence-electron chi connectivity index (χ1n) is 5.72. The van der Waals surface area contributed by atoms with Crippen molar-refractivity contribution in [3.05, 3.63) is 27.7 Å². The number of anilines is 1. The number of rotatable bonds is 3. The van der Waals surface area contributed by atoms with Gasteiger partial charge in [0.1, 0.15) is 6.04 Å². The van der Waals surface area contributed by atoms with Gasteiger partial charge in [-0.3, -0.25) is 4.79 Å². The quantitative estimate of drug-likeness (QED) is 0.883. The lowest BCUT2D eigenvalue weighted by atomic mass is 10.1. The van der Waals surface area contributed by atoms with Crippen LogP contribution in [0.2, 0.25) is 5.02 Å². The smallest absolute Gasteiger partial charge is 0.242 e. The maximum atomic E-state index is 11.9. The van der Waals surface area contributed by atoms with E-state index in [1.165, 1.54) is 0 Å². The molecule has 0 aliphatic carbocycles. The fourth-order valence-corrected chi connectivity index (χ4v) is 2.18. The molecule has 3 nitrogen and oxygen atoms in total. The van der Waals surface area contributed by atoms with Crippen LogP contribution in [0.15, 0.2) is 22.7 Å². The topological polar surface area (TPSA) is 41.1 Å². The number of hydrogen-bond acceptors (Lipinski definition) is 2. The lowest BCUT2D eigenvalue weighted by molar-refractivity contribution is -0.122. The highest BCUT2D eigenvalue weighted by molar-refractivity contribution is 9.10. The zero-order valence-corrected chi connectivity index (χ0v) is 13.3. The lowest BCUT2D eigenvalue weighted by Crippen LogP contribution is -2.47. The summed E-state index contributed by atoms with van der Waals surface area (Å²) in [4.78, 5) is 11.9. The van der Waals surface area contributed by atoms with Crippen LogP contribution in [-0.4, -0.2) is 17.5 Å². The molecule has 1 atom stereocenters. The minimum atomic E-state index is -0.318. The fraction of sp³-hybridized carbons (Fsp3) is 0.462. The molecule has 0 fully saturated rings. The molecule has 0 bridgehead atoms. The van der Waals surface area contributed by atoms with E-state index in [4.69, 9.17) is 11.6 Å². The van der Waals surface area contributed by atoms with Crippen molar-refractivity contribution in [1.82, 2.24) is 5.32 Å². The van der Waals surface area contributed by atoms with Crippen LogP contribution in [0.1, 0.15) is 27.7 Å². The molecule has 0 radical (unpaired) electrons. The van der Waals surface area contributed by atoms with Gasteiger partial charge in [0.15, 0.2) is 0 Å². The molecule has 0 saturated heterocycles. The van der Waals surface area contributed by atoms with Gasteiger partial charge < -0.3 is 10.6 Å².